The molecule has 0 heteroatoms. The first kappa shape index (κ1) is 32.3. The van der Waals surface area contributed by atoms with Crippen molar-refractivity contribution in [2.24, 2.45) is 0 Å². The molecular weight excluding hydrogens is 360 g/mol. The van der Waals surface area contributed by atoms with Gasteiger partial charge in [0.1, 0.15) is 0 Å². The van der Waals surface area contributed by atoms with Crippen LogP contribution in [0.25, 0.3) is 0 Å². The maximum absolute atomic E-state index is 2.16. The van der Waals surface area contributed by atoms with Crippen molar-refractivity contribution in [3.63, 3.8) is 0 Å². The van der Waals surface area contributed by atoms with Crippen LogP contribution in [-0.4, -0.2) is 0 Å². The molecule has 0 aromatic heterocycles. The van der Waals surface area contributed by atoms with E-state index in [1.165, 1.54) is 23.1 Å². The molecule has 0 fully saturated rings. The van der Waals surface area contributed by atoms with Crippen LogP contribution in [0.3, 0.4) is 0 Å². The van der Waals surface area contributed by atoms with E-state index in [9.17, 15) is 0 Å². The fraction of sp³-hybridized carbons (Fsp3) is 0.400. The van der Waals surface area contributed by atoms with E-state index in [1.807, 2.05) is 47.6 Å². The molecule has 0 atom stereocenters. The van der Waals surface area contributed by atoms with E-state index in [-0.39, 0.29) is 0 Å². The lowest BCUT2D eigenvalue weighted by Crippen LogP contribution is -1.85. The minimum absolute atomic E-state index is 1.03. The van der Waals surface area contributed by atoms with E-state index in [2.05, 4.69) is 106 Å². The van der Waals surface area contributed by atoms with Crippen molar-refractivity contribution in [3.8, 4) is 0 Å². The third-order valence-corrected chi connectivity index (χ3v) is 3.34. The molecule has 3 aromatic carbocycles. The van der Waals surface area contributed by atoms with Crippen LogP contribution in [0.5, 0.6) is 0 Å². The summed E-state index contributed by atoms with van der Waals surface area (Å²) in [6.07, 6.45) is 3.42. The van der Waals surface area contributed by atoms with Gasteiger partial charge in [-0.05, 0) is 29.5 Å². The van der Waals surface area contributed by atoms with E-state index >= 15 is 0 Å². The van der Waals surface area contributed by atoms with Crippen molar-refractivity contribution >= 4 is 0 Å². The molecular formula is C30H48. The Labute approximate surface area is 189 Å². The van der Waals surface area contributed by atoms with Gasteiger partial charge in [0.25, 0.3) is 0 Å². The van der Waals surface area contributed by atoms with Gasteiger partial charge in [0.2, 0.25) is 0 Å². The summed E-state index contributed by atoms with van der Waals surface area (Å²) in [4.78, 5) is 0. The van der Waals surface area contributed by atoms with Crippen molar-refractivity contribution in [1.82, 2.24) is 0 Å². The van der Waals surface area contributed by atoms with Gasteiger partial charge in [0.05, 0.1) is 0 Å². The van der Waals surface area contributed by atoms with Crippen molar-refractivity contribution in [2.45, 2.75) is 81.6 Å². The lowest BCUT2D eigenvalue weighted by Gasteiger charge is -2.00. The van der Waals surface area contributed by atoms with Crippen molar-refractivity contribution in [1.29, 1.82) is 0 Å². The molecule has 0 heterocycles. The van der Waals surface area contributed by atoms with Gasteiger partial charge in [-0.25, -0.2) is 0 Å². The molecule has 168 valence electrons. The molecule has 30 heavy (non-hydrogen) atoms. The third kappa shape index (κ3) is 20.4. The van der Waals surface area contributed by atoms with Gasteiger partial charge < -0.3 is 0 Å². The van der Waals surface area contributed by atoms with Gasteiger partial charge in [-0.2, -0.15) is 0 Å². The highest BCUT2D eigenvalue weighted by Gasteiger charge is 1.92. The Morgan fingerprint density at radius 3 is 0.833 bits per heavy atom. The largest absolute Gasteiger partial charge is 0.0683 e. The molecule has 0 nitrogen and oxygen atoms in total. The summed E-state index contributed by atoms with van der Waals surface area (Å²) in [6.45, 7) is 18.4. The van der Waals surface area contributed by atoms with E-state index in [1.54, 1.807) is 0 Å². The van der Waals surface area contributed by atoms with Crippen LogP contribution >= 0.6 is 0 Å². The fourth-order valence-electron chi connectivity index (χ4n) is 2.14. The van der Waals surface area contributed by atoms with Gasteiger partial charge in [0.15, 0.2) is 0 Å². The molecule has 3 aromatic rings. The Morgan fingerprint density at radius 2 is 0.633 bits per heavy atom. The first-order valence-electron chi connectivity index (χ1n) is 11.9. The van der Waals surface area contributed by atoms with E-state index in [4.69, 9.17) is 0 Å². The van der Waals surface area contributed by atoms with Crippen LogP contribution in [-0.2, 0) is 12.8 Å². The molecule has 0 unspecified atom stereocenters. The topological polar surface area (TPSA) is 0 Å². The summed E-state index contributed by atoms with van der Waals surface area (Å²) in [5.41, 5.74) is 4.15. The molecule has 0 aliphatic carbocycles. The maximum atomic E-state index is 2.16. The number of hydrogen-bond acceptors (Lipinski definition) is 0. The summed E-state index contributed by atoms with van der Waals surface area (Å²) in [7, 11) is 0. The number of aryl methyl sites for hydroxylation is 1. The highest BCUT2D eigenvalue weighted by Crippen LogP contribution is 2.07. The Balaban J connectivity index is -0.000000369. The molecule has 0 bridgehead atoms. The molecule has 0 amide bonds. The first-order valence-corrected chi connectivity index (χ1v) is 11.9. The zero-order chi connectivity index (χ0) is 23.5. The minimum Gasteiger partial charge on any atom is -0.0683 e. The van der Waals surface area contributed by atoms with Crippen LogP contribution in [0.15, 0.2) is 91.0 Å². The predicted molar refractivity (Wildman–Crippen MR) is 142 cm³/mol. The fourth-order valence-corrected chi connectivity index (χ4v) is 2.14. The zero-order valence-electron chi connectivity index (χ0n) is 21.3. The summed E-state index contributed by atoms with van der Waals surface area (Å²) in [5, 5.41) is 0. The third-order valence-electron chi connectivity index (χ3n) is 3.34. The Hall–Kier alpha value is -2.34. The van der Waals surface area contributed by atoms with Crippen LogP contribution in [0.4, 0.5) is 0 Å². The van der Waals surface area contributed by atoms with E-state index in [0.29, 0.717) is 0 Å². The summed E-state index contributed by atoms with van der Waals surface area (Å²) < 4.78 is 0. The zero-order valence-corrected chi connectivity index (χ0v) is 21.3. The first-order chi connectivity index (χ1) is 14.8. The van der Waals surface area contributed by atoms with Crippen LogP contribution in [0, 0.1) is 0 Å². The SMILES string of the molecule is CC.CC.CC.CCC.CCc1ccccc1.c1ccc(Cc2ccccc2)cc1. The van der Waals surface area contributed by atoms with E-state index < -0.39 is 0 Å². The lowest BCUT2D eigenvalue weighted by atomic mass is 10.1. The second-order valence-electron chi connectivity index (χ2n) is 5.69. The Kier molecular flexibility index (Phi) is 31.1. The maximum Gasteiger partial charge on any atom is -0.00258 e. The minimum atomic E-state index is 1.03. The summed E-state index contributed by atoms with van der Waals surface area (Å²) in [5.74, 6) is 0. The summed E-state index contributed by atoms with van der Waals surface area (Å²) >= 11 is 0. The highest BCUT2D eigenvalue weighted by atomic mass is 14.0. The molecule has 3 rings (SSSR count). The van der Waals surface area contributed by atoms with Gasteiger partial charge in [0, 0.05) is 0 Å². The van der Waals surface area contributed by atoms with Gasteiger partial charge >= 0.3 is 0 Å². The smallest absolute Gasteiger partial charge is 0.00258 e. The number of benzene rings is 3. The molecule has 0 radical (unpaired) electrons. The average Bonchev–Trinajstić information content (AvgIpc) is 2.86. The summed E-state index contributed by atoms with van der Waals surface area (Å²) in [6, 6.07) is 31.5. The molecule has 0 N–H and O–H groups in total. The normalized spacial score (nSPS) is 7.90. The van der Waals surface area contributed by atoms with Gasteiger partial charge in [-0.1, -0.05) is 160 Å². The van der Waals surface area contributed by atoms with Crippen LogP contribution in [0.1, 0.15) is 85.4 Å². The van der Waals surface area contributed by atoms with Crippen molar-refractivity contribution in [3.05, 3.63) is 108 Å². The molecule has 0 aliphatic rings. The molecule has 0 saturated carbocycles. The quantitative estimate of drug-likeness (QED) is 0.404. The standard InChI is InChI=1S/C13H12.C8H10.C3H8.3C2H6/c1-3-7-12(8-4-1)11-13-9-5-2-6-10-13;1-2-8-6-4-3-5-7-8;1-3-2;3*1-2/h1-10H,11H2;3-7H,2H2,1H3;3H2,1-2H3;3*1-2H3. The van der Waals surface area contributed by atoms with Gasteiger partial charge in [-0.15, -0.1) is 0 Å². The molecule has 0 aliphatic heterocycles. The van der Waals surface area contributed by atoms with Crippen LogP contribution in [0.2, 0.25) is 0 Å². The van der Waals surface area contributed by atoms with Crippen molar-refractivity contribution < 1.29 is 0 Å². The number of hydrogen-bond donors (Lipinski definition) is 0. The number of rotatable bonds is 3. The average molecular weight is 409 g/mol. The predicted octanol–water partition coefficient (Wildman–Crippen LogP) is 10.0. The molecule has 0 saturated heterocycles. The lowest BCUT2D eigenvalue weighted by molar-refractivity contribution is 1.09. The Morgan fingerprint density at radius 1 is 0.400 bits per heavy atom. The monoisotopic (exact) mass is 408 g/mol. The molecule has 0 spiro atoms. The van der Waals surface area contributed by atoms with E-state index in [0.717, 1.165) is 12.8 Å². The van der Waals surface area contributed by atoms with Gasteiger partial charge in [-0.3, -0.25) is 0 Å². The Bertz CT molecular complexity index is 574. The second-order valence-corrected chi connectivity index (χ2v) is 5.69. The van der Waals surface area contributed by atoms with Crippen LogP contribution < -0.4 is 0 Å². The second kappa shape index (κ2) is 28.9. The van der Waals surface area contributed by atoms with Crippen molar-refractivity contribution in [2.75, 3.05) is 0 Å². The highest BCUT2D eigenvalue weighted by molar-refractivity contribution is 5.25.